The molecule has 0 atom stereocenters. The first-order valence-corrected chi connectivity index (χ1v) is 4.45. The van der Waals surface area contributed by atoms with E-state index in [1.54, 1.807) is 0 Å². The van der Waals surface area contributed by atoms with Crippen LogP contribution in [0.4, 0.5) is 26.3 Å². The first kappa shape index (κ1) is 11.7. The molecule has 0 aromatic rings. The van der Waals surface area contributed by atoms with Crippen molar-refractivity contribution in [3.63, 3.8) is 0 Å². The Hall–Kier alpha value is -0.330. The lowest BCUT2D eigenvalue weighted by atomic mass is 9.99. The molecule has 0 amide bonds. The van der Waals surface area contributed by atoms with E-state index in [1.165, 1.54) is 6.92 Å². The Labute approximate surface area is 80.3 Å². The van der Waals surface area contributed by atoms with Gasteiger partial charge in [-0.25, -0.2) is 0 Å². The van der Waals surface area contributed by atoms with Gasteiger partial charge in [0.05, 0.1) is 0 Å². The number of hydrogen-bond acceptors (Lipinski definition) is 1. The molecule has 0 N–H and O–H groups in total. The fourth-order valence-electron chi connectivity index (χ4n) is 1.17. The second-order valence-electron chi connectivity index (χ2n) is 3.08. The monoisotopic (exact) mass is 236 g/mol. The molecule has 0 fully saturated rings. The molecule has 0 aromatic heterocycles. The summed E-state index contributed by atoms with van der Waals surface area (Å²) in [5.41, 5.74) is 0.102. The maximum absolute atomic E-state index is 12.3. The molecular formula is C7H6F6S. The van der Waals surface area contributed by atoms with E-state index in [4.69, 9.17) is 0 Å². The lowest BCUT2D eigenvalue weighted by Gasteiger charge is -2.32. The summed E-state index contributed by atoms with van der Waals surface area (Å²) in [7, 11) is 0. The third-order valence-corrected chi connectivity index (χ3v) is 3.43. The van der Waals surface area contributed by atoms with Crippen LogP contribution in [0.2, 0.25) is 0 Å². The Morgan fingerprint density at radius 2 is 1.57 bits per heavy atom. The summed E-state index contributed by atoms with van der Waals surface area (Å²) in [6.45, 7) is 1.26. The molecular weight excluding hydrogens is 230 g/mol. The predicted octanol–water partition coefficient (Wildman–Crippen LogP) is 3.89. The molecule has 1 aliphatic rings. The van der Waals surface area contributed by atoms with E-state index in [9.17, 15) is 26.3 Å². The lowest BCUT2D eigenvalue weighted by molar-refractivity contribution is -0.263. The third kappa shape index (κ3) is 1.62. The summed E-state index contributed by atoms with van der Waals surface area (Å²) in [6, 6.07) is 0. The number of allylic oxidation sites excluding steroid dienone is 1. The largest absolute Gasteiger partial charge is 0.412 e. The molecule has 0 radical (unpaired) electrons. The van der Waals surface area contributed by atoms with Gasteiger partial charge in [0, 0.05) is 6.42 Å². The van der Waals surface area contributed by atoms with Crippen molar-refractivity contribution >= 4 is 11.8 Å². The SMILES string of the molecule is CC1=CSC(C(F)(F)F)(C(F)(F)F)C1. The van der Waals surface area contributed by atoms with E-state index in [1.807, 2.05) is 0 Å². The summed E-state index contributed by atoms with van der Waals surface area (Å²) in [5.74, 6) is 0. The van der Waals surface area contributed by atoms with E-state index in [-0.39, 0.29) is 17.3 Å². The molecule has 0 bridgehead atoms. The highest BCUT2D eigenvalue weighted by Crippen LogP contribution is 2.58. The Balaban J connectivity index is 3.08. The van der Waals surface area contributed by atoms with E-state index in [2.05, 4.69) is 0 Å². The van der Waals surface area contributed by atoms with E-state index in [0.717, 1.165) is 5.41 Å². The van der Waals surface area contributed by atoms with Crippen LogP contribution in [-0.2, 0) is 0 Å². The van der Waals surface area contributed by atoms with Crippen molar-refractivity contribution in [1.29, 1.82) is 0 Å². The molecule has 1 heterocycles. The molecule has 14 heavy (non-hydrogen) atoms. The molecule has 0 saturated carbocycles. The van der Waals surface area contributed by atoms with E-state index < -0.39 is 23.5 Å². The molecule has 0 unspecified atom stereocenters. The number of hydrogen-bond donors (Lipinski definition) is 0. The summed E-state index contributed by atoms with van der Waals surface area (Å²) in [5, 5.41) is 0.918. The summed E-state index contributed by atoms with van der Waals surface area (Å²) in [4.78, 5) is 0. The second kappa shape index (κ2) is 3.08. The summed E-state index contributed by atoms with van der Waals surface area (Å²) >= 11 is -0.200. The number of thioether (sulfide) groups is 1. The standard InChI is InChI=1S/C7H6F6S/c1-4-2-5(14-3-4,6(8,9)10)7(11,12)13/h3H,2H2,1H3. The van der Waals surface area contributed by atoms with Crippen LogP contribution in [0.1, 0.15) is 13.3 Å². The van der Waals surface area contributed by atoms with Gasteiger partial charge in [0.15, 0.2) is 0 Å². The smallest absolute Gasteiger partial charge is 0.169 e. The number of rotatable bonds is 0. The Morgan fingerprint density at radius 1 is 1.14 bits per heavy atom. The topological polar surface area (TPSA) is 0 Å². The lowest BCUT2D eigenvalue weighted by Crippen LogP contribution is -2.52. The zero-order valence-corrected chi connectivity index (χ0v) is 7.78. The van der Waals surface area contributed by atoms with Crippen molar-refractivity contribution in [3.8, 4) is 0 Å². The van der Waals surface area contributed by atoms with Gasteiger partial charge in [-0.1, -0.05) is 5.57 Å². The molecule has 1 rings (SSSR count). The Kier molecular flexibility index (Phi) is 2.58. The van der Waals surface area contributed by atoms with Crippen LogP contribution in [0.5, 0.6) is 0 Å². The van der Waals surface area contributed by atoms with Crippen LogP contribution in [0.3, 0.4) is 0 Å². The minimum atomic E-state index is -5.27. The highest BCUT2D eigenvalue weighted by atomic mass is 32.2. The average Bonchev–Trinajstić information content (AvgIpc) is 2.28. The van der Waals surface area contributed by atoms with Crippen molar-refractivity contribution < 1.29 is 26.3 Å². The fourth-order valence-corrected chi connectivity index (χ4v) is 2.24. The van der Waals surface area contributed by atoms with Gasteiger partial charge in [-0.2, -0.15) is 26.3 Å². The quantitative estimate of drug-likeness (QED) is 0.575. The van der Waals surface area contributed by atoms with Gasteiger partial charge in [0.2, 0.25) is 4.75 Å². The fraction of sp³-hybridized carbons (Fsp3) is 0.714. The third-order valence-electron chi connectivity index (χ3n) is 1.90. The van der Waals surface area contributed by atoms with Gasteiger partial charge >= 0.3 is 12.4 Å². The van der Waals surface area contributed by atoms with E-state index in [0.29, 0.717) is 0 Å². The van der Waals surface area contributed by atoms with Crippen molar-refractivity contribution in [2.45, 2.75) is 30.4 Å². The molecule has 0 saturated heterocycles. The first-order valence-electron chi connectivity index (χ1n) is 3.57. The van der Waals surface area contributed by atoms with Crippen molar-refractivity contribution in [1.82, 2.24) is 0 Å². The van der Waals surface area contributed by atoms with Crippen LogP contribution >= 0.6 is 11.8 Å². The highest BCUT2D eigenvalue weighted by Gasteiger charge is 2.72. The Bertz CT molecular complexity index is 246. The zero-order valence-electron chi connectivity index (χ0n) is 6.96. The minimum absolute atomic E-state index is 0.102. The van der Waals surface area contributed by atoms with Crippen LogP contribution in [0, 0.1) is 0 Å². The minimum Gasteiger partial charge on any atom is -0.169 e. The maximum atomic E-state index is 12.3. The van der Waals surface area contributed by atoms with Gasteiger partial charge in [-0.05, 0) is 12.3 Å². The van der Waals surface area contributed by atoms with Gasteiger partial charge in [0.1, 0.15) is 0 Å². The number of alkyl halides is 6. The zero-order chi connectivity index (χ0) is 11.2. The number of halogens is 6. The molecule has 82 valence electrons. The molecule has 0 nitrogen and oxygen atoms in total. The molecule has 7 heteroatoms. The molecule has 0 aromatic carbocycles. The summed E-state index contributed by atoms with van der Waals surface area (Å²) < 4.78 is 70.2. The van der Waals surface area contributed by atoms with Crippen molar-refractivity contribution in [3.05, 3.63) is 11.0 Å². The Morgan fingerprint density at radius 3 is 1.71 bits per heavy atom. The molecule has 0 spiro atoms. The molecule has 0 aliphatic carbocycles. The summed E-state index contributed by atoms with van der Waals surface area (Å²) in [6.07, 6.45) is -11.6. The van der Waals surface area contributed by atoms with Gasteiger partial charge < -0.3 is 0 Å². The highest BCUT2D eigenvalue weighted by molar-refractivity contribution is 8.03. The van der Waals surface area contributed by atoms with Gasteiger partial charge in [0.25, 0.3) is 0 Å². The molecule has 1 aliphatic heterocycles. The van der Waals surface area contributed by atoms with Crippen LogP contribution in [-0.4, -0.2) is 17.1 Å². The predicted molar refractivity (Wildman–Crippen MR) is 40.8 cm³/mol. The van der Waals surface area contributed by atoms with Gasteiger partial charge in [-0.15, -0.1) is 11.8 Å². The van der Waals surface area contributed by atoms with Gasteiger partial charge in [-0.3, -0.25) is 0 Å². The van der Waals surface area contributed by atoms with Crippen LogP contribution in [0.25, 0.3) is 0 Å². The van der Waals surface area contributed by atoms with Crippen molar-refractivity contribution in [2.24, 2.45) is 0 Å². The maximum Gasteiger partial charge on any atom is 0.412 e. The first-order chi connectivity index (χ1) is 6.10. The van der Waals surface area contributed by atoms with E-state index >= 15 is 0 Å². The second-order valence-corrected chi connectivity index (χ2v) is 4.25. The van der Waals surface area contributed by atoms with Crippen LogP contribution in [0.15, 0.2) is 11.0 Å². The average molecular weight is 236 g/mol. The normalized spacial score (nSPS) is 22.4. The van der Waals surface area contributed by atoms with Crippen LogP contribution < -0.4 is 0 Å². The van der Waals surface area contributed by atoms with Crippen molar-refractivity contribution in [2.75, 3.05) is 0 Å².